The molecule has 4 N–H and O–H groups in total. The normalized spacial score (nSPS) is 27.5. The molecule has 9 heteroatoms. The van der Waals surface area contributed by atoms with Crippen LogP contribution in [0.15, 0.2) is 12.1 Å². The first-order valence-electron chi connectivity index (χ1n) is 9.17. The molecule has 0 aliphatic carbocycles. The van der Waals surface area contributed by atoms with Gasteiger partial charge in [-0.2, -0.15) is 0 Å². The van der Waals surface area contributed by atoms with E-state index in [1.165, 1.54) is 0 Å². The molecule has 0 saturated carbocycles. The summed E-state index contributed by atoms with van der Waals surface area (Å²) < 4.78 is 26.8. The van der Waals surface area contributed by atoms with E-state index in [2.05, 4.69) is 0 Å². The molecular formula is C19H30O9. The van der Waals surface area contributed by atoms with Crippen molar-refractivity contribution in [2.24, 2.45) is 0 Å². The molecule has 0 radical (unpaired) electrons. The monoisotopic (exact) mass is 402 g/mol. The minimum atomic E-state index is -1.44. The van der Waals surface area contributed by atoms with Crippen molar-refractivity contribution in [1.29, 1.82) is 0 Å². The molecule has 1 fully saturated rings. The Bertz CT molecular complexity index is 582. The lowest BCUT2D eigenvalue weighted by atomic mass is 9.99. The first kappa shape index (κ1) is 22.7. The van der Waals surface area contributed by atoms with Gasteiger partial charge in [0.2, 0.25) is 5.75 Å². The fraction of sp³-hybridized carbons (Fsp3) is 0.684. The quantitative estimate of drug-likeness (QED) is 0.395. The van der Waals surface area contributed by atoms with Crippen molar-refractivity contribution >= 4 is 0 Å². The van der Waals surface area contributed by atoms with Crippen molar-refractivity contribution in [3.05, 3.63) is 17.7 Å². The van der Waals surface area contributed by atoms with Crippen molar-refractivity contribution in [1.82, 2.24) is 0 Å². The molecule has 2 rings (SSSR count). The topological polar surface area (TPSA) is 127 Å². The number of benzene rings is 1. The number of hydrogen-bond donors (Lipinski definition) is 4. The predicted molar refractivity (Wildman–Crippen MR) is 98.8 cm³/mol. The van der Waals surface area contributed by atoms with E-state index in [1.54, 1.807) is 21.3 Å². The van der Waals surface area contributed by atoms with Crippen LogP contribution in [0.4, 0.5) is 0 Å². The number of aliphatic hydroxyl groups is 4. The Kier molecular flexibility index (Phi) is 8.74. The van der Waals surface area contributed by atoms with Crippen LogP contribution in [-0.2, 0) is 15.9 Å². The van der Waals surface area contributed by atoms with Gasteiger partial charge < -0.3 is 44.1 Å². The lowest BCUT2D eigenvalue weighted by Gasteiger charge is -2.39. The summed E-state index contributed by atoms with van der Waals surface area (Å²) in [6.07, 6.45) is -4.07. The first-order valence-corrected chi connectivity index (χ1v) is 9.17. The van der Waals surface area contributed by atoms with E-state index >= 15 is 0 Å². The summed E-state index contributed by atoms with van der Waals surface area (Å²) in [4.78, 5) is 0. The maximum Gasteiger partial charge on any atom is 0.203 e. The minimum Gasteiger partial charge on any atom is -0.493 e. The third-order valence-corrected chi connectivity index (χ3v) is 4.71. The molecule has 1 saturated heterocycles. The van der Waals surface area contributed by atoms with Gasteiger partial charge in [0.25, 0.3) is 0 Å². The van der Waals surface area contributed by atoms with Gasteiger partial charge in [-0.3, -0.25) is 0 Å². The number of hydrogen-bond acceptors (Lipinski definition) is 9. The number of ether oxygens (including phenoxy) is 5. The smallest absolute Gasteiger partial charge is 0.203 e. The second kappa shape index (κ2) is 10.8. The van der Waals surface area contributed by atoms with Gasteiger partial charge in [0, 0.05) is 6.61 Å². The molecule has 160 valence electrons. The van der Waals surface area contributed by atoms with E-state index in [1.807, 2.05) is 12.1 Å². The number of methoxy groups -OCH3 is 3. The van der Waals surface area contributed by atoms with Crippen LogP contribution in [0.5, 0.6) is 17.2 Å². The Morgan fingerprint density at radius 2 is 1.54 bits per heavy atom. The fourth-order valence-electron chi connectivity index (χ4n) is 3.12. The standard InChI is InChI=1S/C19H30O9/c1-24-12-8-11(9-13(25-2)18(12)26-3)6-4-5-7-27-19-17(23)16(22)15(21)14(10-20)28-19/h8-9,14-17,19-23H,4-7,10H2,1-3H3/t14-,15-,16+,17-,19-/m1/s1. The predicted octanol–water partition coefficient (Wildman–Crippen LogP) is -0.148. The Morgan fingerprint density at radius 3 is 2.07 bits per heavy atom. The highest BCUT2D eigenvalue weighted by Crippen LogP contribution is 2.38. The number of aryl methyl sites for hydroxylation is 1. The van der Waals surface area contributed by atoms with Crippen LogP contribution in [0.2, 0.25) is 0 Å². The highest BCUT2D eigenvalue weighted by atomic mass is 16.7. The molecule has 0 amide bonds. The summed E-state index contributed by atoms with van der Waals surface area (Å²) in [5, 5.41) is 38.6. The Morgan fingerprint density at radius 1 is 0.893 bits per heavy atom. The molecule has 1 aliphatic rings. The van der Waals surface area contributed by atoms with Gasteiger partial charge in [0.1, 0.15) is 24.4 Å². The van der Waals surface area contributed by atoms with E-state index in [0.29, 0.717) is 23.7 Å². The molecular weight excluding hydrogens is 372 g/mol. The molecule has 1 aliphatic heterocycles. The van der Waals surface area contributed by atoms with Crippen LogP contribution < -0.4 is 14.2 Å². The third kappa shape index (κ3) is 5.25. The molecule has 0 aromatic heterocycles. The van der Waals surface area contributed by atoms with Gasteiger partial charge in [0.05, 0.1) is 27.9 Å². The first-order chi connectivity index (χ1) is 13.5. The van der Waals surface area contributed by atoms with Crippen molar-refractivity contribution in [3.8, 4) is 17.2 Å². The SMILES string of the molecule is COc1cc(CCCCO[C@@H]2O[C@H](CO)[C@@H](O)[C@H](O)[C@H]2O)cc(OC)c1OC. The van der Waals surface area contributed by atoms with Crippen LogP contribution in [0.3, 0.4) is 0 Å². The highest BCUT2D eigenvalue weighted by Gasteiger charge is 2.43. The molecule has 0 bridgehead atoms. The molecule has 5 atom stereocenters. The van der Waals surface area contributed by atoms with Gasteiger partial charge >= 0.3 is 0 Å². The molecule has 28 heavy (non-hydrogen) atoms. The highest BCUT2D eigenvalue weighted by molar-refractivity contribution is 5.53. The van der Waals surface area contributed by atoms with Crippen LogP contribution in [-0.4, -0.2) is 85.7 Å². The summed E-state index contributed by atoms with van der Waals surface area (Å²) in [6.45, 7) is -0.195. The average Bonchev–Trinajstić information content (AvgIpc) is 2.72. The molecule has 0 unspecified atom stereocenters. The summed E-state index contributed by atoms with van der Waals surface area (Å²) in [5.41, 5.74) is 1.02. The number of aliphatic hydroxyl groups excluding tert-OH is 4. The van der Waals surface area contributed by atoms with Crippen molar-refractivity contribution in [2.75, 3.05) is 34.5 Å². The van der Waals surface area contributed by atoms with Gasteiger partial charge in [-0.1, -0.05) is 0 Å². The van der Waals surface area contributed by atoms with Crippen LogP contribution in [0.25, 0.3) is 0 Å². The molecule has 1 aromatic carbocycles. The fourth-order valence-corrected chi connectivity index (χ4v) is 3.12. The number of rotatable bonds is 10. The van der Waals surface area contributed by atoms with Gasteiger partial charge in [-0.05, 0) is 37.0 Å². The summed E-state index contributed by atoms with van der Waals surface area (Å²) in [5.74, 6) is 1.73. The van der Waals surface area contributed by atoms with E-state index in [0.717, 1.165) is 18.4 Å². The van der Waals surface area contributed by atoms with Crippen LogP contribution in [0, 0.1) is 0 Å². The summed E-state index contributed by atoms with van der Waals surface area (Å²) in [6, 6.07) is 3.78. The van der Waals surface area contributed by atoms with Gasteiger partial charge in [0.15, 0.2) is 17.8 Å². The van der Waals surface area contributed by atoms with Crippen LogP contribution in [0.1, 0.15) is 18.4 Å². The number of unbranched alkanes of at least 4 members (excludes halogenated alkanes) is 1. The zero-order valence-electron chi connectivity index (χ0n) is 16.4. The molecule has 9 nitrogen and oxygen atoms in total. The van der Waals surface area contributed by atoms with E-state index in [-0.39, 0.29) is 6.61 Å². The van der Waals surface area contributed by atoms with Gasteiger partial charge in [-0.15, -0.1) is 0 Å². The third-order valence-electron chi connectivity index (χ3n) is 4.71. The largest absolute Gasteiger partial charge is 0.493 e. The Hall–Kier alpha value is -1.62. The Labute approximate surface area is 164 Å². The maximum atomic E-state index is 9.94. The molecule has 1 aromatic rings. The van der Waals surface area contributed by atoms with Crippen molar-refractivity contribution in [2.45, 2.75) is 50.0 Å². The van der Waals surface area contributed by atoms with Crippen LogP contribution >= 0.6 is 0 Å². The zero-order valence-corrected chi connectivity index (χ0v) is 16.4. The van der Waals surface area contributed by atoms with E-state index < -0.39 is 37.3 Å². The summed E-state index contributed by atoms with van der Waals surface area (Å²) in [7, 11) is 4.68. The lowest BCUT2D eigenvalue weighted by molar-refractivity contribution is -0.301. The second-order valence-electron chi connectivity index (χ2n) is 6.56. The van der Waals surface area contributed by atoms with Crippen molar-refractivity contribution < 1.29 is 44.1 Å². The lowest BCUT2D eigenvalue weighted by Crippen LogP contribution is -2.59. The van der Waals surface area contributed by atoms with E-state index in [4.69, 9.17) is 23.7 Å². The van der Waals surface area contributed by atoms with Crippen molar-refractivity contribution in [3.63, 3.8) is 0 Å². The zero-order chi connectivity index (χ0) is 20.7. The average molecular weight is 402 g/mol. The summed E-state index contributed by atoms with van der Waals surface area (Å²) >= 11 is 0. The Balaban J connectivity index is 1.83. The maximum absolute atomic E-state index is 9.94. The second-order valence-corrected chi connectivity index (χ2v) is 6.56. The van der Waals surface area contributed by atoms with E-state index in [9.17, 15) is 20.4 Å². The minimum absolute atomic E-state index is 0.285. The van der Waals surface area contributed by atoms with Gasteiger partial charge in [-0.25, -0.2) is 0 Å². The molecule has 1 heterocycles. The molecule has 0 spiro atoms.